The van der Waals surface area contributed by atoms with Gasteiger partial charge in [-0.3, -0.25) is 0 Å². The van der Waals surface area contributed by atoms with Gasteiger partial charge in [0.2, 0.25) is 0 Å². The molecule has 0 aromatic rings. The van der Waals surface area contributed by atoms with E-state index in [2.05, 4.69) is 26.8 Å². The van der Waals surface area contributed by atoms with E-state index >= 15 is 0 Å². The molecule has 0 nitrogen and oxygen atoms in total. The van der Waals surface area contributed by atoms with Crippen LogP contribution in [0.4, 0.5) is 0 Å². The molecule has 0 spiro atoms. The van der Waals surface area contributed by atoms with Crippen molar-refractivity contribution in [2.75, 3.05) is 0 Å². The van der Waals surface area contributed by atoms with Crippen LogP contribution in [0.5, 0.6) is 0 Å². The molecule has 10 heavy (non-hydrogen) atoms. The van der Waals surface area contributed by atoms with E-state index in [1.807, 2.05) is 0 Å². The lowest BCUT2D eigenvalue weighted by Crippen LogP contribution is -1.78. The molecule has 0 aliphatic heterocycles. The lowest BCUT2D eigenvalue weighted by Gasteiger charge is -1.98. The van der Waals surface area contributed by atoms with Gasteiger partial charge in [0.15, 0.2) is 0 Å². The van der Waals surface area contributed by atoms with Crippen LogP contribution in [-0.4, -0.2) is 0 Å². The highest BCUT2D eigenvalue weighted by molar-refractivity contribution is 4.94. The number of allylic oxidation sites excluding steroid dienone is 2. The van der Waals surface area contributed by atoms with Crippen molar-refractivity contribution in [2.45, 2.75) is 52.9 Å². The molecule has 0 atom stereocenters. The van der Waals surface area contributed by atoms with Crippen LogP contribution >= 0.6 is 0 Å². The van der Waals surface area contributed by atoms with E-state index in [9.17, 15) is 0 Å². The van der Waals surface area contributed by atoms with Gasteiger partial charge in [0.1, 0.15) is 0 Å². The Labute approximate surface area is 65.3 Å². The van der Waals surface area contributed by atoms with Gasteiger partial charge in [-0.1, -0.05) is 37.8 Å². The zero-order valence-corrected chi connectivity index (χ0v) is 7.61. The Bertz CT molecular complexity index is 90.2. The highest BCUT2D eigenvalue weighted by Gasteiger charge is 1.88. The first-order valence-electron chi connectivity index (χ1n) is 4.43. The summed E-state index contributed by atoms with van der Waals surface area (Å²) in [5.74, 6) is 0. The molecule has 0 heteroatoms. The van der Waals surface area contributed by atoms with Gasteiger partial charge in [0, 0.05) is 0 Å². The average Bonchev–Trinajstić information content (AvgIpc) is 1.98. The number of hydrogen-bond acceptors (Lipinski definition) is 0. The van der Waals surface area contributed by atoms with Gasteiger partial charge in [0.05, 0.1) is 0 Å². The fourth-order valence-corrected chi connectivity index (χ4v) is 0.975. The molecule has 0 aromatic heterocycles. The SMILES string of the molecule is CC=C(C)CCCCCC. The first kappa shape index (κ1) is 9.74. The van der Waals surface area contributed by atoms with Crippen molar-refractivity contribution in [3.05, 3.63) is 11.6 Å². The molecule has 0 heterocycles. The molecule has 0 amide bonds. The quantitative estimate of drug-likeness (QED) is 0.401. The molecule has 0 unspecified atom stereocenters. The summed E-state index contributed by atoms with van der Waals surface area (Å²) in [6.07, 6.45) is 9.04. The monoisotopic (exact) mass is 140 g/mol. The topological polar surface area (TPSA) is 0 Å². The molecule has 0 aromatic carbocycles. The van der Waals surface area contributed by atoms with Crippen LogP contribution in [0.3, 0.4) is 0 Å². The highest BCUT2D eigenvalue weighted by Crippen LogP contribution is 2.08. The highest BCUT2D eigenvalue weighted by atomic mass is 13.9. The summed E-state index contributed by atoms with van der Waals surface area (Å²) in [4.78, 5) is 0. The van der Waals surface area contributed by atoms with Gasteiger partial charge in [-0.25, -0.2) is 0 Å². The zero-order chi connectivity index (χ0) is 7.82. The van der Waals surface area contributed by atoms with Crippen molar-refractivity contribution in [2.24, 2.45) is 0 Å². The number of rotatable bonds is 5. The Kier molecular flexibility index (Phi) is 6.68. The van der Waals surface area contributed by atoms with Gasteiger partial charge in [-0.15, -0.1) is 0 Å². The summed E-state index contributed by atoms with van der Waals surface area (Å²) in [7, 11) is 0. The Morgan fingerprint density at radius 2 is 1.90 bits per heavy atom. The van der Waals surface area contributed by atoms with Gasteiger partial charge < -0.3 is 0 Å². The van der Waals surface area contributed by atoms with E-state index < -0.39 is 0 Å². The van der Waals surface area contributed by atoms with Crippen molar-refractivity contribution < 1.29 is 0 Å². The first-order valence-corrected chi connectivity index (χ1v) is 4.43. The van der Waals surface area contributed by atoms with E-state index in [-0.39, 0.29) is 0 Å². The maximum Gasteiger partial charge on any atom is -0.0323 e. The summed E-state index contributed by atoms with van der Waals surface area (Å²) in [5.41, 5.74) is 1.54. The predicted octanol–water partition coefficient (Wildman–Crippen LogP) is 3.92. The van der Waals surface area contributed by atoms with Gasteiger partial charge in [0.25, 0.3) is 0 Å². The Balaban J connectivity index is 3.04. The third-order valence-corrected chi connectivity index (χ3v) is 1.92. The average molecular weight is 140 g/mol. The standard InChI is InChI=1S/C10H20/c1-4-6-7-8-9-10(3)5-2/h5H,4,6-9H2,1-3H3. The molecule has 0 N–H and O–H groups in total. The van der Waals surface area contributed by atoms with E-state index in [4.69, 9.17) is 0 Å². The molecule has 0 aliphatic rings. The summed E-state index contributed by atoms with van der Waals surface area (Å²) < 4.78 is 0. The molecule has 60 valence electrons. The molecule has 0 fully saturated rings. The van der Waals surface area contributed by atoms with Crippen molar-refractivity contribution in [1.82, 2.24) is 0 Å². The van der Waals surface area contributed by atoms with E-state index in [1.165, 1.54) is 37.7 Å². The summed E-state index contributed by atoms with van der Waals surface area (Å²) in [6, 6.07) is 0. The van der Waals surface area contributed by atoms with Crippen molar-refractivity contribution in [3.8, 4) is 0 Å². The fraction of sp³-hybridized carbons (Fsp3) is 0.800. The first-order chi connectivity index (χ1) is 4.81. The van der Waals surface area contributed by atoms with Crippen molar-refractivity contribution in [1.29, 1.82) is 0 Å². The predicted molar refractivity (Wildman–Crippen MR) is 48.2 cm³/mol. The molecule has 0 saturated carbocycles. The summed E-state index contributed by atoms with van der Waals surface area (Å²) >= 11 is 0. The van der Waals surface area contributed by atoms with Crippen molar-refractivity contribution >= 4 is 0 Å². The van der Waals surface area contributed by atoms with Crippen LogP contribution in [0.1, 0.15) is 52.9 Å². The number of hydrogen-bond donors (Lipinski definition) is 0. The molecule has 0 radical (unpaired) electrons. The van der Waals surface area contributed by atoms with Crippen LogP contribution < -0.4 is 0 Å². The minimum Gasteiger partial charge on any atom is -0.0887 e. The lowest BCUT2D eigenvalue weighted by atomic mass is 10.1. The van der Waals surface area contributed by atoms with Gasteiger partial charge in [-0.2, -0.15) is 0 Å². The van der Waals surface area contributed by atoms with Crippen LogP contribution in [0.2, 0.25) is 0 Å². The smallest absolute Gasteiger partial charge is 0.0323 e. The van der Waals surface area contributed by atoms with E-state index in [0.29, 0.717) is 0 Å². The van der Waals surface area contributed by atoms with Crippen molar-refractivity contribution in [3.63, 3.8) is 0 Å². The molecule has 0 saturated heterocycles. The largest absolute Gasteiger partial charge is 0.0887 e. The minimum absolute atomic E-state index is 1.30. The zero-order valence-electron chi connectivity index (χ0n) is 7.61. The second-order valence-electron chi connectivity index (χ2n) is 2.95. The minimum atomic E-state index is 1.30. The number of unbranched alkanes of at least 4 members (excludes halogenated alkanes) is 3. The maximum atomic E-state index is 2.25. The Morgan fingerprint density at radius 1 is 1.20 bits per heavy atom. The fourth-order valence-electron chi connectivity index (χ4n) is 0.975. The third-order valence-electron chi connectivity index (χ3n) is 1.92. The van der Waals surface area contributed by atoms with E-state index in [1.54, 1.807) is 0 Å². The molecule has 0 bridgehead atoms. The summed E-state index contributed by atoms with van der Waals surface area (Å²) in [6.45, 7) is 6.59. The summed E-state index contributed by atoms with van der Waals surface area (Å²) in [5, 5.41) is 0. The second kappa shape index (κ2) is 6.85. The van der Waals surface area contributed by atoms with Gasteiger partial charge in [-0.05, 0) is 26.7 Å². The normalized spacial score (nSPS) is 12.1. The Hall–Kier alpha value is -0.260. The van der Waals surface area contributed by atoms with E-state index in [0.717, 1.165) is 0 Å². The molecular weight excluding hydrogens is 120 g/mol. The maximum absolute atomic E-state index is 2.25. The van der Waals surface area contributed by atoms with Crippen LogP contribution in [0.25, 0.3) is 0 Å². The molecule has 0 aliphatic carbocycles. The Morgan fingerprint density at radius 3 is 2.40 bits per heavy atom. The lowest BCUT2D eigenvalue weighted by molar-refractivity contribution is 0.664. The van der Waals surface area contributed by atoms with Crippen LogP contribution in [0.15, 0.2) is 11.6 Å². The second-order valence-corrected chi connectivity index (χ2v) is 2.95. The molecule has 0 rings (SSSR count). The molecular formula is C10H20. The van der Waals surface area contributed by atoms with Crippen LogP contribution in [0, 0.1) is 0 Å². The third kappa shape index (κ3) is 5.87. The van der Waals surface area contributed by atoms with Crippen LogP contribution in [-0.2, 0) is 0 Å². The van der Waals surface area contributed by atoms with Gasteiger partial charge >= 0.3 is 0 Å².